The fourth-order valence-electron chi connectivity index (χ4n) is 5.90. The second-order valence-electron chi connectivity index (χ2n) is 12.2. The first-order chi connectivity index (χ1) is 23.4. The zero-order valence-electron chi connectivity index (χ0n) is 28.4. The first-order valence-electron chi connectivity index (χ1n) is 17.1. The van der Waals surface area contributed by atoms with Gasteiger partial charge in [0.25, 0.3) is 0 Å². The minimum Gasteiger partial charge on any atom is -0.491 e. The van der Waals surface area contributed by atoms with Crippen molar-refractivity contribution in [1.29, 1.82) is 0 Å². The molecule has 0 radical (unpaired) electrons. The lowest BCUT2D eigenvalue weighted by molar-refractivity contribution is -0.111. The summed E-state index contributed by atoms with van der Waals surface area (Å²) in [6.07, 6.45) is 12.5. The quantitative estimate of drug-likeness (QED) is 0.0904. The van der Waals surface area contributed by atoms with Crippen molar-refractivity contribution in [2.45, 2.75) is 76.1 Å². The Kier molecular flexibility index (Phi) is 13.0. The number of aromatic nitrogens is 2. The molecule has 4 aromatic rings. The molecule has 2 heterocycles. The second kappa shape index (κ2) is 17.8. The van der Waals surface area contributed by atoms with Gasteiger partial charge in [0.15, 0.2) is 0 Å². The number of nitrogens with one attached hydrogen (secondary N) is 1. The summed E-state index contributed by atoms with van der Waals surface area (Å²) in [5, 5.41) is 2.96. The average molecular weight is 669 g/mol. The first kappa shape index (κ1) is 35.1. The van der Waals surface area contributed by atoms with Gasteiger partial charge in [-0.25, -0.2) is 4.98 Å². The maximum atomic E-state index is 13.1. The topological polar surface area (TPSA) is 85.7 Å². The van der Waals surface area contributed by atoms with E-state index in [1.807, 2.05) is 34.9 Å². The van der Waals surface area contributed by atoms with Gasteiger partial charge in [-0.05, 0) is 104 Å². The average Bonchev–Trinajstić information content (AvgIpc) is 3.74. The minimum atomic E-state index is -1.21. The molecule has 2 atom stereocenters. The van der Waals surface area contributed by atoms with Crippen LogP contribution in [0.3, 0.4) is 0 Å². The molecule has 0 spiro atoms. The van der Waals surface area contributed by atoms with Crippen LogP contribution in [-0.2, 0) is 32.6 Å². The van der Waals surface area contributed by atoms with E-state index in [-0.39, 0.29) is 5.91 Å². The van der Waals surface area contributed by atoms with Gasteiger partial charge in [0.05, 0.1) is 35.2 Å². The molecular formula is C39H48N4O4S. The fourth-order valence-corrected chi connectivity index (χ4v) is 7.01. The third kappa shape index (κ3) is 9.67. The number of carbonyl (C=O) groups is 1. The van der Waals surface area contributed by atoms with Crippen molar-refractivity contribution >= 4 is 34.2 Å². The van der Waals surface area contributed by atoms with Crippen LogP contribution in [0.2, 0.25) is 0 Å². The number of aryl methyl sites for hydroxylation is 1. The van der Waals surface area contributed by atoms with Crippen LogP contribution >= 0.6 is 0 Å². The molecular weight excluding hydrogens is 621 g/mol. The van der Waals surface area contributed by atoms with E-state index in [0.29, 0.717) is 35.6 Å². The summed E-state index contributed by atoms with van der Waals surface area (Å²) in [7, 11) is -1.21. The van der Waals surface area contributed by atoms with Gasteiger partial charge in [-0.1, -0.05) is 38.5 Å². The molecule has 0 saturated carbocycles. The highest BCUT2D eigenvalue weighted by Gasteiger charge is 2.22. The number of amides is 1. The van der Waals surface area contributed by atoms with Crippen molar-refractivity contribution in [2.75, 3.05) is 36.6 Å². The van der Waals surface area contributed by atoms with E-state index in [9.17, 15) is 9.00 Å². The van der Waals surface area contributed by atoms with Crippen molar-refractivity contribution < 1.29 is 18.5 Å². The minimum absolute atomic E-state index is 0.224. The molecule has 1 aliphatic rings. The van der Waals surface area contributed by atoms with E-state index >= 15 is 0 Å². The number of imidazole rings is 1. The maximum Gasteiger partial charge on any atom is 0.248 e. The third-order valence-electron chi connectivity index (χ3n) is 8.56. The predicted octanol–water partition coefficient (Wildman–Crippen LogP) is 8.10. The van der Waals surface area contributed by atoms with Gasteiger partial charge in [-0.15, -0.1) is 0 Å². The molecule has 3 aromatic carbocycles. The van der Waals surface area contributed by atoms with E-state index in [0.717, 1.165) is 85.6 Å². The SMILES string of the molecule is CCCCOCCOc1ccc(-c2ccc(N3CCCC3C)c(/C=C/C(=O)Nc3ccc([S@@](=O)Cc4cncn4CCC)cc3)c2)cc1. The van der Waals surface area contributed by atoms with Crippen LogP contribution in [0.15, 0.2) is 90.2 Å². The van der Waals surface area contributed by atoms with E-state index in [1.165, 1.54) is 0 Å². The van der Waals surface area contributed by atoms with Crippen molar-refractivity contribution in [3.8, 4) is 16.9 Å². The molecule has 1 aliphatic heterocycles. The van der Waals surface area contributed by atoms with Crippen LogP contribution < -0.4 is 15.0 Å². The van der Waals surface area contributed by atoms with E-state index in [1.54, 1.807) is 30.7 Å². The van der Waals surface area contributed by atoms with Crippen molar-refractivity contribution in [1.82, 2.24) is 9.55 Å². The lowest BCUT2D eigenvalue weighted by atomic mass is 10.0. The van der Waals surface area contributed by atoms with E-state index < -0.39 is 10.8 Å². The third-order valence-corrected chi connectivity index (χ3v) is 9.91. The monoisotopic (exact) mass is 668 g/mol. The molecule has 1 fully saturated rings. The van der Waals surface area contributed by atoms with Gasteiger partial charge in [0, 0.05) is 54.3 Å². The Balaban J connectivity index is 1.24. The molecule has 0 bridgehead atoms. The number of unbranched alkanes of at least 4 members (excludes halogenated alkanes) is 1. The molecule has 48 heavy (non-hydrogen) atoms. The van der Waals surface area contributed by atoms with Crippen LogP contribution in [0, 0.1) is 0 Å². The molecule has 1 N–H and O–H groups in total. The van der Waals surface area contributed by atoms with Gasteiger partial charge in [-0.2, -0.15) is 0 Å². The highest BCUT2D eigenvalue weighted by molar-refractivity contribution is 7.84. The Labute approximate surface area is 287 Å². The number of rotatable bonds is 17. The summed E-state index contributed by atoms with van der Waals surface area (Å²) in [6, 6.07) is 22.2. The number of nitrogens with zero attached hydrogens (tertiary/aromatic N) is 3. The number of ether oxygens (including phenoxy) is 2. The standard InChI is InChI=1S/C39H48N4O4S/c1-4-6-23-46-24-25-47-36-15-9-31(10-16-36)32-11-19-38(43-22-7-8-30(43)3)33(26-32)12-20-39(44)41-34-13-17-37(18-14-34)48(45)28-35-27-40-29-42(35)21-5-2/h9-20,26-27,29-30H,4-8,21-25,28H2,1-3H3,(H,41,44)/b20-12+/t30?,48-/m0/s1. The largest absolute Gasteiger partial charge is 0.491 e. The second-order valence-corrected chi connectivity index (χ2v) is 13.7. The van der Waals surface area contributed by atoms with Crippen LogP contribution in [0.5, 0.6) is 5.75 Å². The summed E-state index contributed by atoms with van der Waals surface area (Å²) < 4.78 is 26.5. The summed E-state index contributed by atoms with van der Waals surface area (Å²) >= 11 is 0. The highest BCUT2D eigenvalue weighted by atomic mass is 32.2. The summed E-state index contributed by atoms with van der Waals surface area (Å²) in [4.78, 5) is 20.4. The zero-order chi connectivity index (χ0) is 33.7. The Morgan fingerprint density at radius 3 is 2.52 bits per heavy atom. The van der Waals surface area contributed by atoms with E-state index in [4.69, 9.17) is 9.47 Å². The molecule has 1 amide bonds. The van der Waals surface area contributed by atoms with Crippen LogP contribution in [0.1, 0.15) is 64.1 Å². The molecule has 0 aliphatic carbocycles. The number of carbonyl (C=O) groups excluding carboxylic acids is 1. The number of anilines is 2. The molecule has 9 heteroatoms. The Hall–Kier alpha value is -4.21. The number of hydrogen-bond donors (Lipinski definition) is 1. The molecule has 254 valence electrons. The van der Waals surface area contributed by atoms with Crippen molar-refractivity contribution in [3.05, 3.63) is 96.6 Å². The zero-order valence-corrected chi connectivity index (χ0v) is 29.2. The molecule has 1 saturated heterocycles. The van der Waals surface area contributed by atoms with Gasteiger partial charge < -0.3 is 24.3 Å². The molecule has 1 aromatic heterocycles. The normalized spacial score (nSPS) is 15.2. The molecule has 1 unspecified atom stereocenters. The smallest absolute Gasteiger partial charge is 0.248 e. The van der Waals surface area contributed by atoms with Gasteiger partial charge in [0.1, 0.15) is 12.4 Å². The molecule has 5 rings (SSSR count). The summed E-state index contributed by atoms with van der Waals surface area (Å²) in [5.74, 6) is 0.993. The van der Waals surface area contributed by atoms with Crippen molar-refractivity contribution in [3.63, 3.8) is 0 Å². The van der Waals surface area contributed by atoms with Gasteiger partial charge in [0.2, 0.25) is 5.91 Å². The first-order valence-corrected chi connectivity index (χ1v) is 18.4. The van der Waals surface area contributed by atoms with Gasteiger partial charge in [-0.3, -0.25) is 9.00 Å². The van der Waals surface area contributed by atoms with Gasteiger partial charge >= 0.3 is 0 Å². The Morgan fingerprint density at radius 1 is 1.00 bits per heavy atom. The highest BCUT2D eigenvalue weighted by Crippen LogP contribution is 2.33. The Bertz CT molecular complexity index is 1670. The number of hydrogen-bond acceptors (Lipinski definition) is 6. The molecule has 8 nitrogen and oxygen atoms in total. The Morgan fingerprint density at radius 2 is 1.79 bits per heavy atom. The van der Waals surface area contributed by atoms with Crippen LogP contribution in [-0.4, -0.2) is 52.1 Å². The maximum absolute atomic E-state index is 13.1. The lowest BCUT2D eigenvalue weighted by Crippen LogP contribution is -2.26. The lowest BCUT2D eigenvalue weighted by Gasteiger charge is -2.26. The van der Waals surface area contributed by atoms with Crippen molar-refractivity contribution in [2.24, 2.45) is 0 Å². The van der Waals surface area contributed by atoms with E-state index in [2.05, 4.69) is 66.3 Å². The fraction of sp³-hybridized carbons (Fsp3) is 0.385. The summed E-state index contributed by atoms with van der Waals surface area (Å²) in [5.41, 5.74) is 5.88. The predicted molar refractivity (Wildman–Crippen MR) is 196 cm³/mol. The number of benzene rings is 3. The van der Waals surface area contributed by atoms with Crippen LogP contribution in [0.4, 0.5) is 11.4 Å². The summed E-state index contributed by atoms with van der Waals surface area (Å²) in [6.45, 7) is 10.2. The van der Waals surface area contributed by atoms with Crippen LogP contribution in [0.25, 0.3) is 17.2 Å².